The minimum atomic E-state index is 0.117. The normalized spacial score (nSPS) is 17.7. The number of aromatic nitrogens is 1. The van der Waals surface area contributed by atoms with Crippen molar-refractivity contribution in [2.45, 2.75) is 33.1 Å². The van der Waals surface area contributed by atoms with Crippen LogP contribution in [0.5, 0.6) is 5.75 Å². The number of phenols is 1. The van der Waals surface area contributed by atoms with Crippen molar-refractivity contribution >= 4 is 10.9 Å². The van der Waals surface area contributed by atoms with Gasteiger partial charge >= 0.3 is 0 Å². The number of aromatic hydroxyl groups is 1. The number of hydrogen-bond acceptors (Lipinski definition) is 2. The minimum absolute atomic E-state index is 0.117. The van der Waals surface area contributed by atoms with Gasteiger partial charge in [-0.25, -0.2) is 0 Å². The highest BCUT2D eigenvalue weighted by Gasteiger charge is 2.28. The van der Waals surface area contributed by atoms with E-state index in [0.29, 0.717) is 5.39 Å². The summed E-state index contributed by atoms with van der Waals surface area (Å²) in [6.45, 7) is 4.41. The Morgan fingerprint density at radius 3 is 2.89 bits per heavy atom. The van der Waals surface area contributed by atoms with Gasteiger partial charge in [-0.1, -0.05) is 13.8 Å². The van der Waals surface area contributed by atoms with Crippen molar-refractivity contribution in [2.24, 2.45) is 5.41 Å². The van der Waals surface area contributed by atoms with Crippen LogP contribution < -0.4 is 5.43 Å². The van der Waals surface area contributed by atoms with Crippen LogP contribution in [0.1, 0.15) is 31.5 Å². The number of pyridine rings is 1. The van der Waals surface area contributed by atoms with Crippen LogP contribution in [0.15, 0.2) is 23.0 Å². The van der Waals surface area contributed by atoms with Gasteiger partial charge in [-0.05, 0) is 36.8 Å². The summed E-state index contributed by atoms with van der Waals surface area (Å²) in [6, 6.07) is 4.89. The van der Waals surface area contributed by atoms with E-state index in [2.05, 4.69) is 18.8 Å². The van der Waals surface area contributed by atoms with E-state index in [4.69, 9.17) is 0 Å². The fourth-order valence-electron chi connectivity index (χ4n) is 2.80. The maximum atomic E-state index is 12.5. The number of fused-ring (bicyclic) bond motifs is 2. The molecule has 0 saturated heterocycles. The summed E-state index contributed by atoms with van der Waals surface area (Å²) in [6.07, 6.45) is 2.82. The Balaban J connectivity index is 2.30. The molecule has 0 fully saturated rings. The van der Waals surface area contributed by atoms with Gasteiger partial charge in [-0.3, -0.25) is 4.79 Å². The summed E-state index contributed by atoms with van der Waals surface area (Å²) >= 11 is 0. The van der Waals surface area contributed by atoms with E-state index in [-0.39, 0.29) is 16.6 Å². The van der Waals surface area contributed by atoms with Crippen molar-refractivity contribution < 1.29 is 5.11 Å². The van der Waals surface area contributed by atoms with Gasteiger partial charge in [0.2, 0.25) is 0 Å². The molecule has 0 atom stereocenters. The fourth-order valence-corrected chi connectivity index (χ4v) is 2.80. The average molecular weight is 243 g/mol. The Labute approximate surface area is 105 Å². The summed E-state index contributed by atoms with van der Waals surface area (Å²) in [5.41, 5.74) is 3.01. The predicted octanol–water partition coefficient (Wildman–Crippen LogP) is 2.75. The van der Waals surface area contributed by atoms with E-state index >= 15 is 0 Å². The number of aryl methyl sites for hydroxylation is 1. The number of rotatable bonds is 0. The predicted molar refractivity (Wildman–Crippen MR) is 72.0 cm³/mol. The second-order valence-electron chi connectivity index (χ2n) is 5.98. The second kappa shape index (κ2) is 3.61. The minimum Gasteiger partial charge on any atom is -0.508 e. The van der Waals surface area contributed by atoms with Gasteiger partial charge in [0, 0.05) is 22.7 Å². The van der Waals surface area contributed by atoms with Gasteiger partial charge < -0.3 is 10.1 Å². The molecule has 94 valence electrons. The summed E-state index contributed by atoms with van der Waals surface area (Å²) in [7, 11) is 0. The molecular weight excluding hydrogens is 226 g/mol. The Bertz CT molecular complexity index is 683. The van der Waals surface area contributed by atoms with Gasteiger partial charge in [-0.2, -0.15) is 0 Å². The Morgan fingerprint density at radius 2 is 2.11 bits per heavy atom. The topological polar surface area (TPSA) is 53.1 Å². The average Bonchev–Trinajstić information content (AvgIpc) is 2.30. The van der Waals surface area contributed by atoms with Crippen LogP contribution >= 0.6 is 0 Å². The Hall–Kier alpha value is -1.77. The molecule has 2 aromatic rings. The second-order valence-corrected chi connectivity index (χ2v) is 5.98. The lowest BCUT2D eigenvalue weighted by Gasteiger charge is -2.30. The molecule has 0 bridgehead atoms. The van der Waals surface area contributed by atoms with E-state index < -0.39 is 0 Å². The third-order valence-corrected chi connectivity index (χ3v) is 3.88. The van der Waals surface area contributed by atoms with Gasteiger partial charge in [0.05, 0.1) is 5.52 Å². The first-order valence-corrected chi connectivity index (χ1v) is 6.33. The molecule has 18 heavy (non-hydrogen) atoms. The van der Waals surface area contributed by atoms with Gasteiger partial charge in [0.1, 0.15) is 5.75 Å². The molecule has 1 aliphatic rings. The van der Waals surface area contributed by atoms with Crippen molar-refractivity contribution in [2.75, 3.05) is 0 Å². The molecule has 0 spiro atoms. The number of aromatic amines is 1. The smallest absolute Gasteiger partial charge is 0.192 e. The van der Waals surface area contributed by atoms with E-state index in [1.165, 1.54) is 0 Å². The summed E-state index contributed by atoms with van der Waals surface area (Å²) < 4.78 is 0. The molecule has 0 amide bonds. The molecule has 3 heteroatoms. The quantitative estimate of drug-likeness (QED) is 0.747. The monoisotopic (exact) mass is 243 g/mol. The first-order valence-electron chi connectivity index (χ1n) is 6.33. The molecule has 0 aliphatic heterocycles. The lowest BCUT2D eigenvalue weighted by Crippen LogP contribution is -2.28. The SMILES string of the molecule is CC1(C)CCc2[nH]c3cc(O)ccc3c(=O)c2C1. The van der Waals surface area contributed by atoms with Crippen LogP contribution in [0, 0.1) is 5.41 Å². The van der Waals surface area contributed by atoms with Crippen molar-refractivity contribution in [3.8, 4) is 5.75 Å². The van der Waals surface area contributed by atoms with Crippen LogP contribution in [-0.2, 0) is 12.8 Å². The zero-order valence-electron chi connectivity index (χ0n) is 10.7. The van der Waals surface area contributed by atoms with Crippen LogP contribution in [-0.4, -0.2) is 10.1 Å². The van der Waals surface area contributed by atoms with Crippen LogP contribution in [0.25, 0.3) is 10.9 Å². The molecule has 1 heterocycles. The summed E-state index contributed by atoms with van der Waals surface area (Å²) in [5, 5.41) is 10.2. The number of nitrogens with one attached hydrogen (secondary N) is 1. The molecule has 3 nitrogen and oxygen atoms in total. The third-order valence-electron chi connectivity index (χ3n) is 3.88. The standard InChI is InChI=1S/C15H17NO2/c1-15(2)6-5-12-11(8-15)14(18)10-4-3-9(17)7-13(10)16-12/h3-4,7,17H,5-6,8H2,1-2H3,(H,16,18). The highest BCUT2D eigenvalue weighted by molar-refractivity contribution is 5.81. The van der Waals surface area contributed by atoms with Gasteiger partial charge in [0.15, 0.2) is 5.43 Å². The van der Waals surface area contributed by atoms with Gasteiger partial charge in [-0.15, -0.1) is 0 Å². The molecule has 1 aromatic carbocycles. The molecule has 3 rings (SSSR count). The molecule has 0 radical (unpaired) electrons. The van der Waals surface area contributed by atoms with E-state index in [0.717, 1.165) is 36.0 Å². The zero-order valence-corrected chi connectivity index (χ0v) is 10.7. The van der Waals surface area contributed by atoms with Crippen LogP contribution in [0.4, 0.5) is 0 Å². The Morgan fingerprint density at radius 1 is 1.33 bits per heavy atom. The van der Waals surface area contributed by atoms with Crippen molar-refractivity contribution in [3.63, 3.8) is 0 Å². The number of hydrogen-bond donors (Lipinski definition) is 2. The van der Waals surface area contributed by atoms with Gasteiger partial charge in [0.25, 0.3) is 0 Å². The largest absolute Gasteiger partial charge is 0.508 e. The van der Waals surface area contributed by atoms with Crippen LogP contribution in [0.2, 0.25) is 0 Å². The Kier molecular flexibility index (Phi) is 2.27. The first kappa shape index (κ1) is 11.3. The lowest BCUT2D eigenvalue weighted by atomic mass is 9.75. The zero-order chi connectivity index (χ0) is 12.9. The van der Waals surface area contributed by atoms with Crippen molar-refractivity contribution in [1.82, 2.24) is 4.98 Å². The molecule has 0 saturated carbocycles. The maximum Gasteiger partial charge on any atom is 0.192 e. The highest BCUT2D eigenvalue weighted by Crippen LogP contribution is 2.33. The maximum absolute atomic E-state index is 12.5. The van der Waals surface area contributed by atoms with E-state index in [1.54, 1.807) is 18.2 Å². The number of benzene rings is 1. The van der Waals surface area contributed by atoms with Crippen molar-refractivity contribution in [3.05, 3.63) is 39.7 Å². The van der Waals surface area contributed by atoms with E-state index in [9.17, 15) is 9.90 Å². The summed E-state index contributed by atoms with van der Waals surface area (Å²) in [4.78, 5) is 15.8. The lowest BCUT2D eigenvalue weighted by molar-refractivity contribution is 0.312. The highest BCUT2D eigenvalue weighted by atomic mass is 16.3. The third kappa shape index (κ3) is 1.70. The molecule has 0 unspecified atom stereocenters. The molecule has 1 aliphatic carbocycles. The molecule has 2 N–H and O–H groups in total. The van der Waals surface area contributed by atoms with Crippen LogP contribution in [0.3, 0.4) is 0 Å². The fraction of sp³-hybridized carbons (Fsp3) is 0.400. The number of phenolic OH excluding ortho intramolecular Hbond substituents is 1. The first-order chi connectivity index (χ1) is 8.46. The van der Waals surface area contributed by atoms with E-state index in [1.807, 2.05) is 0 Å². The van der Waals surface area contributed by atoms with Crippen molar-refractivity contribution in [1.29, 1.82) is 0 Å². The molecular formula is C15H17NO2. The number of H-pyrrole nitrogens is 1. The summed E-state index contributed by atoms with van der Waals surface area (Å²) in [5.74, 6) is 0.189. The molecule has 1 aromatic heterocycles.